The van der Waals surface area contributed by atoms with Crippen LogP contribution in [0, 0.1) is 12.7 Å². The van der Waals surface area contributed by atoms with Gasteiger partial charge in [0.15, 0.2) is 5.01 Å². The lowest BCUT2D eigenvalue weighted by atomic mass is 9.79. The smallest absolute Gasteiger partial charge is 0.284 e. The Morgan fingerprint density at radius 3 is 2.68 bits per heavy atom. The number of alkyl halides is 4. The molecule has 11 heteroatoms. The van der Waals surface area contributed by atoms with Crippen molar-refractivity contribution in [3.8, 4) is 0 Å². The molecule has 5 nitrogen and oxygen atoms in total. The molecule has 3 rings (SSSR count). The van der Waals surface area contributed by atoms with Crippen LogP contribution in [-0.4, -0.2) is 29.1 Å². The summed E-state index contributed by atoms with van der Waals surface area (Å²) in [5.74, 6) is -6.44. The first kappa shape index (κ1) is 20.2. The lowest BCUT2D eigenvalue weighted by molar-refractivity contribution is -0.145. The molecular formula is C17H15F5N4OS. The van der Waals surface area contributed by atoms with Crippen LogP contribution in [0.4, 0.5) is 27.6 Å². The van der Waals surface area contributed by atoms with Gasteiger partial charge in [0.05, 0.1) is 5.84 Å². The number of anilines is 1. The molecule has 3 N–H and O–H groups in total. The largest absolute Gasteiger partial charge is 0.387 e. The summed E-state index contributed by atoms with van der Waals surface area (Å²) < 4.78 is 71.3. The molecule has 0 bridgehead atoms. The number of carbonyl (C=O) groups is 1. The summed E-state index contributed by atoms with van der Waals surface area (Å²) in [5.41, 5.74) is 1.37. The number of carbonyl (C=O) groups excluding carboxylic acids is 1. The average Bonchev–Trinajstić information content (AvgIpc) is 3.05. The Bertz CT molecular complexity index is 945. The molecule has 0 aliphatic carbocycles. The average molecular weight is 418 g/mol. The summed E-state index contributed by atoms with van der Waals surface area (Å²) in [4.78, 5) is 19.5. The highest BCUT2D eigenvalue weighted by atomic mass is 32.1. The normalized spacial score (nSPS) is 21.5. The van der Waals surface area contributed by atoms with E-state index in [-0.39, 0.29) is 17.1 Å². The van der Waals surface area contributed by atoms with E-state index in [2.05, 4.69) is 15.3 Å². The van der Waals surface area contributed by atoms with Crippen molar-refractivity contribution in [2.45, 2.75) is 37.7 Å². The third kappa shape index (κ3) is 3.34. The quantitative estimate of drug-likeness (QED) is 0.734. The Morgan fingerprint density at radius 2 is 2.07 bits per heavy atom. The van der Waals surface area contributed by atoms with Gasteiger partial charge in [0.2, 0.25) is 5.54 Å². The van der Waals surface area contributed by atoms with Crippen LogP contribution in [0.25, 0.3) is 0 Å². The number of amides is 1. The van der Waals surface area contributed by atoms with Crippen LogP contribution in [0.1, 0.15) is 33.9 Å². The Kier molecular flexibility index (Phi) is 5.13. The summed E-state index contributed by atoms with van der Waals surface area (Å²) in [6, 6.07) is 2.53. The zero-order chi connectivity index (χ0) is 20.7. The number of hydrogen-bond acceptors (Lipinski definition) is 5. The van der Waals surface area contributed by atoms with Crippen LogP contribution in [0.2, 0.25) is 0 Å². The fourth-order valence-electron chi connectivity index (χ4n) is 2.96. The molecule has 1 aromatic carbocycles. The van der Waals surface area contributed by atoms with Crippen molar-refractivity contribution < 1.29 is 26.7 Å². The van der Waals surface area contributed by atoms with Crippen molar-refractivity contribution in [1.29, 1.82) is 0 Å². The first-order chi connectivity index (χ1) is 13.1. The number of aromatic nitrogens is 1. The second-order valence-corrected chi connectivity index (χ2v) is 7.18. The zero-order valence-electron chi connectivity index (χ0n) is 14.5. The van der Waals surface area contributed by atoms with Crippen LogP contribution in [0.15, 0.2) is 28.6 Å². The van der Waals surface area contributed by atoms with Gasteiger partial charge in [0.25, 0.3) is 18.3 Å². The van der Waals surface area contributed by atoms with Gasteiger partial charge in [-0.2, -0.15) is 0 Å². The number of benzene rings is 1. The van der Waals surface area contributed by atoms with Gasteiger partial charge in [-0.05, 0) is 25.1 Å². The van der Waals surface area contributed by atoms with E-state index < -0.39 is 47.4 Å². The van der Waals surface area contributed by atoms with E-state index >= 15 is 0 Å². The van der Waals surface area contributed by atoms with Gasteiger partial charge in [-0.15, -0.1) is 11.3 Å². The van der Waals surface area contributed by atoms with Crippen molar-refractivity contribution >= 4 is 28.8 Å². The minimum atomic E-state index is -4.04. The van der Waals surface area contributed by atoms with Gasteiger partial charge in [-0.25, -0.2) is 31.9 Å². The number of halogens is 5. The molecule has 0 saturated carbocycles. The third-order valence-electron chi connectivity index (χ3n) is 4.34. The molecule has 28 heavy (non-hydrogen) atoms. The monoisotopic (exact) mass is 418 g/mol. The maximum absolute atomic E-state index is 14.6. The number of amidine groups is 1. The van der Waals surface area contributed by atoms with E-state index in [1.807, 2.05) is 0 Å². The Balaban J connectivity index is 2.07. The maximum Gasteiger partial charge on any atom is 0.284 e. The zero-order valence-corrected chi connectivity index (χ0v) is 15.3. The van der Waals surface area contributed by atoms with Gasteiger partial charge in [-0.1, -0.05) is 0 Å². The summed E-state index contributed by atoms with van der Waals surface area (Å²) >= 11 is 1.04. The van der Waals surface area contributed by atoms with Gasteiger partial charge in [0, 0.05) is 35.2 Å². The minimum Gasteiger partial charge on any atom is -0.387 e. The predicted molar refractivity (Wildman–Crippen MR) is 94.7 cm³/mol. The Hall–Kier alpha value is -2.56. The molecular weight excluding hydrogens is 403 g/mol. The number of thiazole rings is 1. The predicted octanol–water partition coefficient (Wildman–Crippen LogP) is 4.09. The van der Waals surface area contributed by atoms with Gasteiger partial charge in [0.1, 0.15) is 5.82 Å². The van der Waals surface area contributed by atoms with Crippen LogP contribution in [0.5, 0.6) is 0 Å². The van der Waals surface area contributed by atoms with Crippen molar-refractivity contribution in [2.24, 2.45) is 10.7 Å². The van der Waals surface area contributed by atoms with Crippen molar-refractivity contribution in [1.82, 2.24) is 4.98 Å². The molecule has 1 aliphatic rings. The van der Waals surface area contributed by atoms with Crippen LogP contribution >= 0.6 is 11.3 Å². The molecule has 1 unspecified atom stereocenters. The van der Waals surface area contributed by atoms with Gasteiger partial charge in [-0.3, -0.25) is 4.79 Å². The minimum absolute atomic E-state index is 0.0807. The number of hydrogen-bond donors (Lipinski definition) is 2. The second kappa shape index (κ2) is 7.12. The Morgan fingerprint density at radius 1 is 1.36 bits per heavy atom. The lowest BCUT2D eigenvalue weighted by Crippen LogP contribution is -2.54. The second-order valence-electron chi connectivity index (χ2n) is 6.32. The molecule has 1 amide bonds. The number of aryl methyl sites for hydroxylation is 1. The fourth-order valence-corrected chi connectivity index (χ4v) is 3.65. The van der Waals surface area contributed by atoms with Crippen LogP contribution in [-0.2, 0) is 5.54 Å². The van der Waals surface area contributed by atoms with Crippen molar-refractivity contribution in [3.63, 3.8) is 0 Å². The summed E-state index contributed by atoms with van der Waals surface area (Å²) in [6.45, 7) is 1.67. The highest BCUT2D eigenvalue weighted by Gasteiger charge is 2.63. The van der Waals surface area contributed by atoms with Crippen molar-refractivity contribution in [3.05, 3.63) is 45.7 Å². The first-order valence-electron chi connectivity index (χ1n) is 8.10. The number of nitrogens with one attached hydrogen (secondary N) is 1. The van der Waals surface area contributed by atoms with Gasteiger partial charge < -0.3 is 11.1 Å². The fraction of sp³-hybridized carbons (Fsp3) is 0.353. The molecule has 0 saturated heterocycles. The number of nitrogens with two attached hydrogens (primary N) is 1. The highest BCUT2D eigenvalue weighted by molar-refractivity contribution is 7.11. The van der Waals surface area contributed by atoms with E-state index in [1.54, 1.807) is 12.3 Å². The first-order valence-corrected chi connectivity index (χ1v) is 8.98. The number of nitrogens with zero attached hydrogens (tertiary/aromatic N) is 2. The van der Waals surface area contributed by atoms with E-state index in [4.69, 9.17) is 5.73 Å². The topological polar surface area (TPSA) is 80.4 Å². The molecule has 1 aliphatic heterocycles. The molecule has 0 radical (unpaired) electrons. The number of aliphatic imine (C=N–C) groups is 1. The van der Waals surface area contributed by atoms with E-state index in [1.165, 1.54) is 0 Å². The van der Waals surface area contributed by atoms with E-state index in [9.17, 15) is 26.7 Å². The molecule has 0 spiro atoms. The third-order valence-corrected chi connectivity index (χ3v) is 5.30. The Labute approximate surface area is 160 Å². The standard InChI is InChI=1S/C17H15F5N4OS/c1-8-7-28-14(24-8)13(27)25-9-2-3-11(18)10(6-9)17(15(19)20)16(21,22)5-4-12(23)26-17/h2-3,6-7,15H,4-5H2,1H3,(H2,23,26)(H,25,27). The molecule has 150 valence electrons. The highest BCUT2D eigenvalue weighted by Crippen LogP contribution is 2.51. The summed E-state index contributed by atoms with van der Waals surface area (Å²) in [5, 5.41) is 4.05. The molecule has 2 aromatic rings. The molecule has 2 heterocycles. The van der Waals surface area contributed by atoms with Crippen molar-refractivity contribution in [2.75, 3.05) is 5.32 Å². The van der Waals surface area contributed by atoms with Crippen LogP contribution < -0.4 is 11.1 Å². The molecule has 1 aromatic heterocycles. The molecule has 0 fully saturated rings. The van der Waals surface area contributed by atoms with Crippen LogP contribution in [0.3, 0.4) is 0 Å². The molecule has 1 atom stereocenters. The van der Waals surface area contributed by atoms with E-state index in [0.717, 1.165) is 29.5 Å². The maximum atomic E-state index is 14.6. The van der Waals surface area contributed by atoms with Gasteiger partial charge >= 0.3 is 0 Å². The lowest BCUT2D eigenvalue weighted by Gasteiger charge is -2.40. The summed E-state index contributed by atoms with van der Waals surface area (Å²) in [6.07, 6.45) is -5.12. The van der Waals surface area contributed by atoms with E-state index in [0.29, 0.717) is 5.69 Å². The number of rotatable bonds is 4. The summed E-state index contributed by atoms with van der Waals surface area (Å²) in [7, 11) is 0. The SMILES string of the molecule is Cc1csc(C(=O)Nc2ccc(F)c(C3(C(F)F)N=C(N)CCC3(F)F)c2)n1.